The van der Waals surface area contributed by atoms with E-state index in [1.165, 1.54) is 12.8 Å². The number of nitrogens with zero attached hydrogens (tertiary/aromatic N) is 4. The molecule has 1 saturated carbocycles. The van der Waals surface area contributed by atoms with E-state index in [0.717, 1.165) is 44.0 Å². The van der Waals surface area contributed by atoms with Crippen molar-refractivity contribution < 1.29 is 4.74 Å². The molecule has 1 heterocycles. The number of aromatic nitrogens is 4. The quantitative estimate of drug-likeness (QED) is 0.772. The number of aryl methyl sites for hydroxylation is 1. The first-order chi connectivity index (χ1) is 9.72. The number of rotatable bonds is 7. The van der Waals surface area contributed by atoms with Crippen molar-refractivity contribution in [3.63, 3.8) is 0 Å². The Balaban J connectivity index is 2.15. The first kappa shape index (κ1) is 15.4. The van der Waals surface area contributed by atoms with E-state index in [0.29, 0.717) is 13.2 Å². The molecule has 2 N–H and O–H groups in total. The summed E-state index contributed by atoms with van der Waals surface area (Å²) in [7, 11) is 0. The number of hydrogen-bond acceptors (Lipinski definition) is 5. The van der Waals surface area contributed by atoms with Gasteiger partial charge in [-0.1, -0.05) is 6.92 Å². The van der Waals surface area contributed by atoms with Gasteiger partial charge >= 0.3 is 0 Å². The first-order valence-corrected chi connectivity index (χ1v) is 7.82. The average molecular weight is 281 g/mol. The monoisotopic (exact) mass is 281 g/mol. The molecule has 1 aliphatic carbocycles. The Hall–Kier alpha value is -1.01. The van der Waals surface area contributed by atoms with Crippen LogP contribution >= 0.6 is 0 Å². The molecule has 0 saturated heterocycles. The summed E-state index contributed by atoms with van der Waals surface area (Å²) in [5.41, 5.74) is 5.27. The minimum atomic E-state index is -0.284. The maximum absolute atomic E-state index is 6.12. The number of nitrogens with two attached hydrogens (primary N) is 1. The summed E-state index contributed by atoms with van der Waals surface area (Å²) >= 11 is 0. The molecule has 0 radical (unpaired) electrons. The third-order valence-electron chi connectivity index (χ3n) is 4.27. The summed E-state index contributed by atoms with van der Waals surface area (Å²) in [4.78, 5) is 0. The largest absolute Gasteiger partial charge is 0.367 e. The van der Waals surface area contributed by atoms with Crippen LogP contribution in [0.3, 0.4) is 0 Å². The fourth-order valence-corrected chi connectivity index (χ4v) is 3.02. The van der Waals surface area contributed by atoms with E-state index in [9.17, 15) is 0 Å². The predicted octanol–water partition coefficient (Wildman–Crippen LogP) is 1.85. The van der Waals surface area contributed by atoms with Gasteiger partial charge in [0.25, 0.3) is 0 Å². The van der Waals surface area contributed by atoms with Crippen molar-refractivity contribution in [3.05, 3.63) is 5.82 Å². The lowest BCUT2D eigenvalue weighted by Gasteiger charge is -2.37. The number of unbranched alkanes of at least 4 members (excludes halogenated alkanes) is 1. The van der Waals surface area contributed by atoms with Crippen LogP contribution in [0.25, 0.3) is 0 Å². The fraction of sp³-hybridized carbons (Fsp3) is 0.929. The number of tetrazole rings is 1. The molecule has 2 rings (SSSR count). The van der Waals surface area contributed by atoms with Gasteiger partial charge in [-0.15, -0.1) is 5.10 Å². The van der Waals surface area contributed by atoms with Crippen LogP contribution in [0.15, 0.2) is 0 Å². The summed E-state index contributed by atoms with van der Waals surface area (Å²) in [6.45, 7) is 6.59. The molecular weight excluding hydrogens is 254 g/mol. The Labute approximate surface area is 121 Å². The topological polar surface area (TPSA) is 78.9 Å². The molecule has 114 valence electrons. The van der Waals surface area contributed by atoms with Gasteiger partial charge in [-0.2, -0.15) is 0 Å². The fourth-order valence-electron chi connectivity index (χ4n) is 3.02. The Bertz CT molecular complexity index is 398. The number of hydrogen-bond donors (Lipinski definition) is 1. The van der Waals surface area contributed by atoms with Crippen LogP contribution in [-0.2, 0) is 16.9 Å². The molecule has 1 fully saturated rings. The van der Waals surface area contributed by atoms with E-state index in [1.807, 2.05) is 11.6 Å². The molecule has 1 aliphatic rings. The Morgan fingerprint density at radius 3 is 2.75 bits per heavy atom. The Kier molecular flexibility index (Phi) is 5.48. The molecule has 0 atom stereocenters. The third kappa shape index (κ3) is 3.35. The lowest BCUT2D eigenvalue weighted by molar-refractivity contribution is -0.0865. The highest BCUT2D eigenvalue weighted by molar-refractivity contribution is 5.03. The first-order valence-electron chi connectivity index (χ1n) is 7.82. The van der Waals surface area contributed by atoms with Gasteiger partial charge in [-0.3, -0.25) is 0 Å². The second-order valence-corrected chi connectivity index (χ2v) is 5.83. The lowest BCUT2D eigenvalue weighted by atomic mass is 9.79. The van der Waals surface area contributed by atoms with Crippen molar-refractivity contribution in [2.75, 3.05) is 13.2 Å². The van der Waals surface area contributed by atoms with E-state index in [2.05, 4.69) is 22.4 Å². The van der Waals surface area contributed by atoms with Crippen LogP contribution in [0.4, 0.5) is 0 Å². The van der Waals surface area contributed by atoms with Gasteiger partial charge in [-0.25, -0.2) is 4.68 Å². The van der Waals surface area contributed by atoms with Crippen molar-refractivity contribution in [1.82, 2.24) is 20.2 Å². The SMILES string of the molecule is CCOC1(c2nnnn2CCCCN)CCC(C)CC1. The van der Waals surface area contributed by atoms with Gasteiger partial charge in [0.15, 0.2) is 5.82 Å². The normalized spacial score (nSPS) is 26.9. The molecule has 0 spiro atoms. The highest BCUT2D eigenvalue weighted by Gasteiger charge is 2.41. The molecule has 6 nitrogen and oxygen atoms in total. The molecule has 1 aromatic rings. The molecule has 0 aromatic carbocycles. The van der Waals surface area contributed by atoms with E-state index >= 15 is 0 Å². The van der Waals surface area contributed by atoms with Crippen molar-refractivity contribution >= 4 is 0 Å². The highest BCUT2D eigenvalue weighted by atomic mass is 16.5. The van der Waals surface area contributed by atoms with Crippen molar-refractivity contribution in [2.24, 2.45) is 11.7 Å². The van der Waals surface area contributed by atoms with E-state index < -0.39 is 0 Å². The van der Waals surface area contributed by atoms with Gasteiger partial charge in [0, 0.05) is 13.2 Å². The standard InChI is InChI=1S/C14H27N5O/c1-3-20-14(8-6-12(2)7-9-14)13-16-17-18-19(13)11-5-4-10-15/h12H,3-11,15H2,1-2H3. The maximum atomic E-state index is 6.12. The zero-order valence-corrected chi connectivity index (χ0v) is 12.7. The third-order valence-corrected chi connectivity index (χ3v) is 4.27. The van der Waals surface area contributed by atoms with Gasteiger partial charge in [-0.05, 0) is 68.3 Å². The van der Waals surface area contributed by atoms with Crippen LogP contribution < -0.4 is 5.73 Å². The molecule has 1 aromatic heterocycles. The minimum Gasteiger partial charge on any atom is -0.367 e. The predicted molar refractivity (Wildman–Crippen MR) is 77.0 cm³/mol. The molecule has 0 aliphatic heterocycles. The van der Waals surface area contributed by atoms with Crippen molar-refractivity contribution in [2.45, 2.75) is 64.5 Å². The summed E-state index contributed by atoms with van der Waals surface area (Å²) < 4.78 is 8.04. The molecule has 0 unspecified atom stereocenters. The van der Waals surface area contributed by atoms with Crippen molar-refractivity contribution in [1.29, 1.82) is 0 Å². The lowest BCUT2D eigenvalue weighted by Crippen LogP contribution is -2.37. The minimum absolute atomic E-state index is 0.284. The zero-order valence-electron chi connectivity index (χ0n) is 12.7. The van der Waals surface area contributed by atoms with Gasteiger partial charge in [0.2, 0.25) is 0 Å². The summed E-state index contributed by atoms with van der Waals surface area (Å²) in [6, 6.07) is 0. The van der Waals surface area contributed by atoms with Gasteiger partial charge < -0.3 is 10.5 Å². The van der Waals surface area contributed by atoms with Crippen molar-refractivity contribution in [3.8, 4) is 0 Å². The van der Waals surface area contributed by atoms with E-state index in [-0.39, 0.29) is 5.60 Å². The molecule has 20 heavy (non-hydrogen) atoms. The Morgan fingerprint density at radius 2 is 2.10 bits per heavy atom. The Morgan fingerprint density at radius 1 is 1.35 bits per heavy atom. The zero-order chi connectivity index (χ0) is 14.4. The van der Waals surface area contributed by atoms with Crippen LogP contribution in [-0.4, -0.2) is 33.4 Å². The summed E-state index contributed by atoms with van der Waals surface area (Å²) in [5, 5.41) is 12.3. The molecule has 0 bridgehead atoms. The highest BCUT2D eigenvalue weighted by Crippen LogP contribution is 2.41. The van der Waals surface area contributed by atoms with Gasteiger partial charge in [0.1, 0.15) is 5.60 Å². The van der Waals surface area contributed by atoms with Crippen LogP contribution in [0.2, 0.25) is 0 Å². The van der Waals surface area contributed by atoms with Crippen LogP contribution in [0.1, 0.15) is 58.2 Å². The average Bonchev–Trinajstić information content (AvgIpc) is 2.91. The van der Waals surface area contributed by atoms with E-state index in [4.69, 9.17) is 10.5 Å². The van der Waals surface area contributed by atoms with Crippen LogP contribution in [0.5, 0.6) is 0 Å². The summed E-state index contributed by atoms with van der Waals surface area (Å²) in [6.07, 6.45) is 6.38. The van der Waals surface area contributed by atoms with Gasteiger partial charge in [0.05, 0.1) is 0 Å². The summed E-state index contributed by atoms with van der Waals surface area (Å²) in [5.74, 6) is 1.67. The smallest absolute Gasteiger partial charge is 0.183 e. The van der Waals surface area contributed by atoms with E-state index in [1.54, 1.807) is 0 Å². The second kappa shape index (κ2) is 7.13. The maximum Gasteiger partial charge on any atom is 0.183 e. The molecule has 0 amide bonds. The number of ether oxygens (including phenoxy) is 1. The molecule has 6 heteroatoms. The second-order valence-electron chi connectivity index (χ2n) is 5.83. The van der Waals surface area contributed by atoms with Crippen LogP contribution in [0, 0.1) is 5.92 Å². The molecular formula is C14H27N5O.